The molecule has 3 aromatic rings. The number of nitrogens with one attached hydrogen (secondary N) is 1. The zero-order chi connectivity index (χ0) is 25.3. The molecule has 1 atom stereocenters. The number of aliphatic hydroxyl groups is 1. The van der Waals surface area contributed by atoms with Crippen LogP contribution in [0.25, 0.3) is 0 Å². The van der Waals surface area contributed by atoms with Crippen molar-refractivity contribution < 1.29 is 23.0 Å². The van der Waals surface area contributed by atoms with Gasteiger partial charge in [-0.25, -0.2) is 4.98 Å². The summed E-state index contributed by atoms with van der Waals surface area (Å²) in [7, 11) is 1.60. The molecule has 6 nitrogen and oxygen atoms in total. The first-order chi connectivity index (χ1) is 16.8. The van der Waals surface area contributed by atoms with Gasteiger partial charge in [-0.2, -0.15) is 13.2 Å². The minimum atomic E-state index is -4.54. The third-order valence-electron chi connectivity index (χ3n) is 5.50. The average Bonchev–Trinajstić information content (AvgIpc) is 3.35. The summed E-state index contributed by atoms with van der Waals surface area (Å²) in [5.74, 6) is 0.122. The van der Waals surface area contributed by atoms with Crippen LogP contribution >= 0.6 is 0 Å². The molecule has 35 heavy (non-hydrogen) atoms. The van der Waals surface area contributed by atoms with E-state index in [2.05, 4.69) is 15.0 Å². The van der Waals surface area contributed by atoms with Crippen LogP contribution in [0.3, 0.4) is 0 Å². The molecular weight excluding hydrogens is 457 g/mol. The second kappa shape index (κ2) is 11.9. The molecule has 0 bridgehead atoms. The second-order valence-corrected chi connectivity index (χ2v) is 7.97. The van der Waals surface area contributed by atoms with Gasteiger partial charge in [-0.1, -0.05) is 48.5 Å². The molecule has 1 aromatic heterocycles. The lowest BCUT2D eigenvalue weighted by atomic mass is 9.87. The summed E-state index contributed by atoms with van der Waals surface area (Å²) < 4.78 is 45.9. The van der Waals surface area contributed by atoms with Crippen molar-refractivity contribution in [3.63, 3.8) is 0 Å². The Morgan fingerprint density at radius 3 is 2.57 bits per heavy atom. The first-order valence-corrected chi connectivity index (χ1v) is 11.2. The molecule has 0 aliphatic rings. The number of allylic oxidation sites excluding steroid dienone is 1. The third kappa shape index (κ3) is 6.88. The van der Waals surface area contributed by atoms with Gasteiger partial charge >= 0.3 is 6.18 Å². The fraction of sp³-hybridized carbons (Fsp3) is 0.308. The summed E-state index contributed by atoms with van der Waals surface area (Å²) in [5, 5.41) is 11.7. The maximum Gasteiger partial charge on any atom is 0.416 e. The summed E-state index contributed by atoms with van der Waals surface area (Å²) in [6.07, 6.45) is 0.844. The molecule has 1 heterocycles. The van der Waals surface area contributed by atoms with E-state index in [4.69, 9.17) is 10.5 Å². The van der Waals surface area contributed by atoms with Gasteiger partial charge in [0.15, 0.2) is 0 Å². The number of H-pyrrole nitrogens is 1. The van der Waals surface area contributed by atoms with Crippen LogP contribution in [0, 0.1) is 0 Å². The van der Waals surface area contributed by atoms with E-state index in [1.807, 2.05) is 30.3 Å². The molecule has 9 heteroatoms. The van der Waals surface area contributed by atoms with E-state index in [1.54, 1.807) is 19.2 Å². The monoisotopic (exact) mass is 486 g/mol. The summed E-state index contributed by atoms with van der Waals surface area (Å²) in [6, 6.07) is 14.3. The van der Waals surface area contributed by atoms with Gasteiger partial charge in [0, 0.05) is 20.2 Å². The Morgan fingerprint density at radius 2 is 1.89 bits per heavy atom. The van der Waals surface area contributed by atoms with Crippen molar-refractivity contribution in [1.82, 2.24) is 9.97 Å². The van der Waals surface area contributed by atoms with Crippen molar-refractivity contribution >= 4 is 5.71 Å². The maximum atomic E-state index is 13.4. The summed E-state index contributed by atoms with van der Waals surface area (Å²) in [5.41, 5.74) is 5.02. The number of imidazole rings is 1. The van der Waals surface area contributed by atoms with Gasteiger partial charge in [0.1, 0.15) is 11.4 Å². The molecule has 0 amide bonds. The van der Waals surface area contributed by atoms with Crippen LogP contribution in [-0.2, 0) is 23.1 Å². The van der Waals surface area contributed by atoms with Crippen molar-refractivity contribution in [3.8, 4) is 0 Å². The highest BCUT2D eigenvalue weighted by atomic mass is 19.4. The lowest BCUT2D eigenvalue weighted by Crippen LogP contribution is -2.30. The molecule has 0 fully saturated rings. The van der Waals surface area contributed by atoms with Crippen molar-refractivity contribution in [1.29, 1.82) is 0 Å². The number of ether oxygens (including phenoxy) is 1. The summed E-state index contributed by atoms with van der Waals surface area (Å²) in [6.45, 7) is 1.03. The van der Waals surface area contributed by atoms with Crippen LogP contribution in [0.4, 0.5) is 13.2 Å². The Balaban J connectivity index is 1.85. The van der Waals surface area contributed by atoms with Gasteiger partial charge in [-0.15, -0.1) is 0 Å². The Hall–Kier alpha value is -3.27. The predicted molar refractivity (Wildman–Crippen MR) is 129 cm³/mol. The number of nitrogens with two attached hydrogens (primary N) is 1. The Bertz CT molecular complexity index is 1140. The number of nitrogens with zero attached hydrogens (tertiary/aromatic N) is 2. The van der Waals surface area contributed by atoms with Crippen molar-refractivity contribution in [3.05, 3.63) is 101 Å². The smallest absolute Gasteiger partial charge is 0.377 e. The van der Waals surface area contributed by atoms with E-state index in [0.717, 1.165) is 17.7 Å². The van der Waals surface area contributed by atoms with Crippen LogP contribution in [0.2, 0.25) is 0 Å². The van der Waals surface area contributed by atoms with Crippen LogP contribution in [0.15, 0.2) is 77.9 Å². The fourth-order valence-corrected chi connectivity index (χ4v) is 3.67. The molecular formula is C26H29F3N4O2. The van der Waals surface area contributed by atoms with Gasteiger partial charge in [-0.05, 0) is 42.2 Å². The number of halogens is 3. The zero-order valence-electron chi connectivity index (χ0n) is 19.4. The second-order valence-electron chi connectivity index (χ2n) is 7.97. The van der Waals surface area contributed by atoms with Crippen molar-refractivity contribution in [2.75, 3.05) is 20.2 Å². The fourth-order valence-electron chi connectivity index (χ4n) is 3.67. The normalized spacial score (nSPS) is 14.4. The van der Waals surface area contributed by atoms with Crippen molar-refractivity contribution in [2.24, 2.45) is 10.7 Å². The van der Waals surface area contributed by atoms with E-state index in [0.29, 0.717) is 37.6 Å². The number of benzene rings is 2. The van der Waals surface area contributed by atoms with Gasteiger partial charge < -0.3 is 20.6 Å². The van der Waals surface area contributed by atoms with E-state index < -0.39 is 17.3 Å². The van der Waals surface area contributed by atoms with Gasteiger partial charge in [0.05, 0.1) is 29.8 Å². The average molecular weight is 487 g/mol. The molecule has 0 aliphatic heterocycles. The lowest BCUT2D eigenvalue weighted by Gasteiger charge is -2.27. The maximum absolute atomic E-state index is 13.4. The standard InChI is InChI=1S/C26H29F3N4O2/c1-31-22(12-6-14-30)23-17-32-24(33-23)25(34,20-10-5-11-21(16-20)26(27,28)29)13-7-15-35-18-19-8-3-2-4-9-19/h2-6,8-12,16-17,34H,7,13-15,18,30H2,1H3,(H,32,33)/b12-6-,31-22?. The first-order valence-electron chi connectivity index (χ1n) is 11.2. The van der Waals surface area contributed by atoms with Crippen LogP contribution < -0.4 is 5.73 Å². The molecule has 0 saturated heterocycles. The van der Waals surface area contributed by atoms with Crippen LogP contribution in [0.1, 0.15) is 41.1 Å². The summed E-state index contributed by atoms with van der Waals surface area (Å²) in [4.78, 5) is 11.5. The van der Waals surface area contributed by atoms with Gasteiger partial charge in [-0.3, -0.25) is 4.99 Å². The molecule has 0 spiro atoms. The SMILES string of the molecule is CN=C(/C=C\CN)c1cnc(C(O)(CCCOCc2ccccc2)c2cccc(C(F)(F)F)c2)[nH]1. The van der Waals surface area contributed by atoms with E-state index in [1.165, 1.54) is 18.3 Å². The zero-order valence-corrected chi connectivity index (χ0v) is 19.4. The minimum absolute atomic E-state index is 0.0868. The topological polar surface area (TPSA) is 96.5 Å². The number of alkyl halides is 3. The number of aliphatic imine (C=N–C) groups is 1. The van der Waals surface area contributed by atoms with E-state index in [-0.39, 0.29) is 17.8 Å². The molecule has 186 valence electrons. The third-order valence-corrected chi connectivity index (χ3v) is 5.50. The number of rotatable bonds is 11. The number of aromatic amines is 1. The minimum Gasteiger partial charge on any atom is -0.377 e. The molecule has 0 aliphatic carbocycles. The lowest BCUT2D eigenvalue weighted by molar-refractivity contribution is -0.137. The van der Waals surface area contributed by atoms with E-state index >= 15 is 0 Å². The van der Waals surface area contributed by atoms with Gasteiger partial charge in [0.25, 0.3) is 0 Å². The summed E-state index contributed by atoms with van der Waals surface area (Å²) >= 11 is 0. The van der Waals surface area contributed by atoms with Crippen LogP contribution in [-0.4, -0.2) is 41.0 Å². The Kier molecular flexibility index (Phi) is 8.97. The first kappa shape index (κ1) is 26.3. The molecule has 1 unspecified atom stereocenters. The predicted octanol–water partition coefficient (Wildman–Crippen LogP) is 4.60. The molecule has 0 radical (unpaired) electrons. The highest BCUT2D eigenvalue weighted by Gasteiger charge is 2.37. The largest absolute Gasteiger partial charge is 0.416 e. The molecule has 4 N–H and O–H groups in total. The Labute approximate surface area is 202 Å². The quantitative estimate of drug-likeness (QED) is 0.273. The van der Waals surface area contributed by atoms with E-state index in [9.17, 15) is 18.3 Å². The van der Waals surface area contributed by atoms with Gasteiger partial charge in [0.2, 0.25) is 0 Å². The number of hydrogen-bond donors (Lipinski definition) is 3. The molecule has 2 aromatic carbocycles. The number of aromatic nitrogens is 2. The number of hydrogen-bond acceptors (Lipinski definition) is 5. The highest BCUT2D eigenvalue weighted by Crippen LogP contribution is 2.36. The molecule has 3 rings (SSSR count). The van der Waals surface area contributed by atoms with Crippen molar-refractivity contribution in [2.45, 2.75) is 31.2 Å². The Morgan fingerprint density at radius 1 is 1.14 bits per heavy atom. The van der Waals surface area contributed by atoms with Crippen LogP contribution in [0.5, 0.6) is 0 Å². The highest BCUT2D eigenvalue weighted by molar-refractivity contribution is 6.07. The molecule has 0 saturated carbocycles.